The van der Waals surface area contributed by atoms with Crippen LogP contribution in [0, 0.1) is 11.8 Å². The molecule has 0 saturated carbocycles. The molecule has 11 nitrogen and oxygen atoms in total. The average molecular weight is 730 g/mol. The summed E-state index contributed by atoms with van der Waals surface area (Å²) in [5.74, 6) is 0.289. The van der Waals surface area contributed by atoms with Gasteiger partial charge in [0.1, 0.15) is 16.8 Å². The summed E-state index contributed by atoms with van der Waals surface area (Å²) in [5.41, 5.74) is 1.09. The van der Waals surface area contributed by atoms with E-state index in [9.17, 15) is 21.6 Å². The molecule has 250 valence electrons. The molecule has 2 aromatic rings. The second-order valence-corrected chi connectivity index (χ2v) is 17.7. The number of rotatable bonds is 12. The van der Waals surface area contributed by atoms with Gasteiger partial charge in [0.05, 0.1) is 16.0 Å². The molecule has 1 aromatic carbocycles. The molecule has 45 heavy (non-hydrogen) atoms. The summed E-state index contributed by atoms with van der Waals surface area (Å²) in [6.07, 6.45) is 8.30. The topological polar surface area (TPSA) is 157 Å². The predicted octanol–water partition coefficient (Wildman–Crippen LogP) is 4.35. The lowest BCUT2D eigenvalue weighted by atomic mass is 9.87. The number of sulfonamides is 2. The quantitative estimate of drug-likeness (QED) is 0.289. The van der Waals surface area contributed by atoms with Gasteiger partial charge < -0.3 is 15.1 Å². The van der Waals surface area contributed by atoms with E-state index in [1.54, 1.807) is 16.4 Å². The summed E-state index contributed by atoms with van der Waals surface area (Å²) in [4.78, 5) is 17.8. The van der Waals surface area contributed by atoms with Gasteiger partial charge in [0.25, 0.3) is 0 Å². The van der Waals surface area contributed by atoms with Crippen LogP contribution in [0.4, 0.5) is 5.82 Å². The Balaban J connectivity index is 1.20. The molecule has 3 heterocycles. The number of nitrogens with zero attached hydrogens (tertiary/aromatic N) is 3. The molecule has 3 N–H and O–H groups in total. The molecule has 4 rings (SSSR count). The number of benzene rings is 1. The van der Waals surface area contributed by atoms with Crippen LogP contribution in [0.3, 0.4) is 0 Å². The van der Waals surface area contributed by atoms with Gasteiger partial charge in [-0.2, -0.15) is 9.03 Å². The SMILES string of the molecule is CC(C)(C)c1ccc(S(=O)(=O)N2CCC(CCCC3CCN(c4ncc(S(=O)(=O)NC(CO)C(=O)O)cc4Br)CC3)CC2)cc1. The first kappa shape index (κ1) is 35.7. The van der Waals surface area contributed by atoms with Crippen molar-refractivity contribution in [1.82, 2.24) is 14.0 Å². The molecule has 0 spiro atoms. The maximum absolute atomic E-state index is 13.2. The number of aliphatic hydroxyl groups excluding tert-OH is 1. The van der Waals surface area contributed by atoms with E-state index >= 15 is 0 Å². The molecule has 2 aliphatic rings. The third kappa shape index (κ3) is 9.04. The highest BCUT2D eigenvalue weighted by atomic mass is 79.9. The van der Waals surface area contributed by atoms with Gasteiger partial charge in [-0.25, -0.2) is 21.8 Å². The zero-order chi connectivity index (χ0) is 33.0. The summed E-state index contributed by atoms with van der Waals surface area (Å²) in [6, 6.07) is 7.06. The fraction of sp³-hybridized carbons (Fsp3) is 0.613. The lowest BCUT2D eigenvalue weighted by Crippen LogP contribution is -2.43. The minimum Gasteiger partial charge on any atom is -0.480 e. The summed E-state index contributed by atoms with van der Waals surface area (Å²) in [5, 5.41) is 18.2. The van der Waals surface area contributed by atoms with E-state index in [4.69, 9.17) is 10.2 Å². The second-order valence-electron chi connectivity index (χ2n) is 13.2. The van der Waals surface area contributed by atoms with Crippen molar-refractivity contribution in [2.45, 2.75) is 87.0 Å². The molecular weight excluding hydrogens is 684 g/mol. The van der Waals surface area contributed by atoms with Crippen molar-refractivity contribution in [3.63, 3.8) is 0 Å². The van der Waals surface area contributed by atoms with E-state index in [1.165, 1.54) is 12.3 Å². The number of carboxylic acids is 1. The van der Waals surface area contributed by atoms with E-state index in [-0.39, 0.29) is 10.3 Å². The number of carbonyl (C=O) groups is 1. The van der Waals surface area contributed by atoms with Gasteiger partial charge in [-0.3, -0.25) is 4.79 Å². The molecular formula is C31H45BrN4O7S2. The lowest BCUT2D eigenvalue weighted by Gasteiger charge is -2.34. The number of aliphatic carboxylic acids is 1. The van der Waals surface area contributed by atoms with Crippen LogP contribution in [0.5, 0.6) is 0 Å². The number of hydrogen-bond donors (Lipinski definition) is 3. The molecule has 1 unspecified atom stereocenters. The highest BCUT2D eigenvalue weighted by molar-refractivity contribution is 9.10. The van der Waals surface area contributed by atoms with E-state index in [0.717, 1.165) is 63.6 Å². The number of pyridine rings is 1. The maximum Gasteiger partial charge on any atom is 0.324 e. The van der Waals surface area contributed by atoms with Gasteiger partial charge in [-0.05, 0) is 82.6 Å². The van der Waals surface area contributed by atoms with Gasteiger partial charge in [0.2, 0.25) is 20.0 Å². The molecule has 0 aliphatic carbocycles. The third-order valence-electron chi connectivity index (χ3n) is 8.96. The number of hydrogen-bond acceptors (Lipinski definition) is 8. The molecule has 2 saturated heterocycles. The van der Waals surface area contributed by atoms with Crippen molar-refractivity contribution < 1.29 is 31.8 Å². The molecule has 1 aromatic heterocycles. The summed E-state index contributed by atoms with van der Waals surface area (Å²) >= 11 is 3.42. The van der Waals surface area contributed by atoms with Crippen molar-refractivity contribution >= 4 is 47.8 Å². The van der Waals surface area contributed by atoms with E-state index in [0.29, 0.717) is 40.1 Å². The summed E-state index contributed by atoms with van der Waals surface area (Å²) in [6.45, 7) is 8.18. The Bertz CT molecular complexity index is 1530. The Morgan fingerprint density at radius 3 is 2.02 bits per heavy atom. The standard InChI is InChI=1S/C31H45BrN4O7S2/c1-31(2,3)24-7-9-25(10-8-24)45(42,43)36-17-13-23(14-18-36)6-4-5-22-11-15-35(16-12-22)29-27(32)19-26(20-33-29)44(40,41)34-28(21-37)30(38)39/h7-10,19-20,22-23,28,34,37H,4-6,11-18,21H2,1-3H3,(H,38,39). The predicted molar refractivity (Wildman–Crippen MR) is 176 cm³/mol. The summed E-state index contributed by atoms with van der Waals surface area (Å²) in [7, 11) is -7.66. The minimum absolute atomic E-state index is 0.0247. The largest absolute Gasteiger partial charge is 0.480 e. The van der Waals surface area contributed by atoms with Gasteiger partial charge >= 0.3 is 5.97 Å². The molecule has 0 amide bonds. The van der Waals surface area contributed by atoms with E-state index in [1.807, 2.05) is 16.9 Å². The number of nitrogens with one attached hydrogen (secondary N) is 1. The Hall–Kier alpha value is -2.10. The zero-order valence-corrected chi connectivity index (χ0v) is 29.4. The highest BCUT2D eigenvalue weighted by Crippen LogP contribution is 2.33. The molecule has 0 bridgehead atoms. The van der Waals surface area contributed by atoms with Crippen LogP contribution < -0.4 is 9.62 Å². The number of carboxylic acid groups (broad SMARTS) is 1. The van der Waals surface area contributed by atoms with Crippen molar-refractivity contribution in [2.24, 2.45) is 11.8 Å². The molecule has 0 radical (unpaired) electrons. The molecule has 2 fully saturated rings. The number of piperidine rings is 2. The number of halogens is 1. The van der Waals surface area contributed by atoms with Crippen LogP contribution in [0.25, 0.3) is 0 Å². The smallest absolute Gasteiger partial charge is 0.324 e. The van der Waals surface area contributed by atoms with Crippen molar-refractivity contribution in [3.8, 4) is 0 Å². The Labute approximate surface area is 275 Å². The van der Waals surface area contributed by atoms with Crippen LogP contribution >= 0.6 is 15.9 Å². The van der Waals surface area contributed by atoms with Crippen LogP contribution in [0.1, 0.15) is 71.3 Å². The third-order valence-corrected chi connectivity index (χ3v) is 12.9. The van der Waals surface area contributed by atoms with Crippen LogP contribution in [0.15, 0.2) is 50.8 Å². The van der Waals surface area contributed by atoms with Crippen molar-refractivity contribution in [2.75, 3.05) is 37.7 Å². The van der Waals surface area contributed by atoms with Crippen molar-refractivity contribution in [1.29, 1.82) is 0 Å². The number of aliphatic hydroxyl groups is 1. The second kappa shape index (κ2) is 14.8. The summed E-state index contributed by atoms with van der Waals surface area (Å²) < 4.78 is 55.7. The monoisotopic (exact) mass is 728 g/mol. The number of anilines is 1. The highest BCUT2D eigenvalue weighted by Gasteiger charge is 2.31. The van der Waals surface area contributed by atoms with Crippen LogP contribution in [-0.4, -0.2) is 81.1 Å². The van der Waals surface area contributed by atoms with E-state index < -0.39 is 38.7 Å². The fourth-order valence-electron chi connectivity index (χ4n) is 6.06. The first-order valence-electron chi connectivity index (χ1n) is 15.5. The Kier molecular flexibility index (Phi) is 11.7. The lowest BCUT2D eigenvalue weighted by molar-refractivity contribution is -0.139. The zero-order valence-electron chi connectivity index (χ0n) is 26.2. The molecule has 14 heteroatoms. The van der Waals surface area contributed by atoms with Gasteiger partial charge in [0.15, 0.2) is 0 Å². The van der Waals surface area contributed by atoms with Crippen molar-refractivity contribution in [3.05, 3.63) is 46.6 Å². The molecule has 1 atom stereocenters. The van der Waals surface area contributed by atoms with E-state index in [2.05, 4.69) is 46.6 Å². The minimum atomic E-state index is -4.18. The Morgan fingerprint density at radius 2 is 1.53 bits per heavy atom. The fourth-order valence-corrected chi connectivity index (χ4v) is 9.43. The van der Waals surface area contributed by atoms with Gasteiger partial charge in [-0.1, -0.05) is 52.2 Å². The molecule has 2 aliphatic heterocycles. The Morgan fingerprint density at radius 1 is 0.978 bits per heavy atom. The van der Waals surface area contributed by atoms with Gasteiger partial charge in [-0.15, -0.1) is 0 Å². The average Bonchev–Trinajstić information content (AvgIpc) is 3.00. The van der Waals surface area contributed by atoms with Crippen LogP contribution in [0.2, 0.25) is 0 Å². The van der Waals surface area contributed by atoms with Crippen LogP contribution in [-0.2, 0) is 30.3 Å². The van der Waals surface area contributed by atoms with Gasteiger partial charge in [0, 0.05) is 32.4 Å². The first-order valence-corrected chi connectivity index (χ1v) is 19.2. The first-order chi connectivity index (χ1) is 21.1. The maximum atomic E-state index is 13.2. The number of aromatic nitrogens is 1. The normalized spacial score (nSPS) is 18.6.